The Morgan fingerprint density at radius 2 is 1.86 bits per heavy atom. The number of ether oxygens (including phenoxy) is 1. The van der Waals surface area contributed by atoms with Gasteiger partial charge in [0.2, 0.25) is 0 Å². The SMILES string of the molecule is CCCCCC(CC)C(=O)OCCC. The van der Waals surface area contributed by atoms with Gasteiger partial charge in [0, 0.05) is 0 Å². The Hall–Kier alpha value is -0.530. The molecule has 0 aromatic rings. The molecule has 0 radical (unpaired) electrons. The van der Waals surface area contributed by atoms with Gasteiger partial charge in [-0.1, -0.05) is 40.0 Å². The van der Waals surface area contributed by atoms with Gasteiger partial charge >= 0.3 is 5.97 Å². The lowest BCUT2D eigenvalue weighted by Gasteiger charge is -2.13. The molecule has 1 atom stereocenters. The number of unbranched alkanes of at least 4 members (excludes halogenated alkanes) is 2. The molecule has 0 N–H and O–H groups in total. The molecule has 0 aromatic carbocycles. The summed E-state index contributed by atoms with van der Waals surface area (Å²) >= 11 is 0. The van der Waals surface area contributed by atoms with E-state index in [2.05, 4.69) is 13.8 Å². The first-order valence-electron chi connectivity index (χ1n) is 5.92. The summed E-state index contributed by atoms with van der Waals surface area (Å²) in [5.74, 6) is 0.138. The molecule has 0 saturated heterocycles. The third kappa shape index (κ3) is 6.01. The van der Waals surface area contributed by atoms with E-state index in [-0.39, 0.29) is 11.9 Å². The summed E-state index contributed by atoms with van der Waals surface area (Å²) in [6.07, 6.45) is 6.39. The van der Waals surface area contributed by atoms with Crippen LogP contribution in [0.4, 0.5) is 0 Å². The summed E-state index contributed by atoms with van der Waals surface area (Å²) in [4.78, 5) is 11.5. The summed E-state index contributed by atoms with van der Waals surface area (Å²) < 4.78 is 5.14. The summed E-state index contributed by atoms with van der Waals surface area (Å²) in [5, 5.41) is 0. The molecule has 0 aliphatic carbocycles. The molecule has 0 bridgehead atoms. The van der Waals surface area contributed by atoms with Gasteiger partial charge in [0.25, 0.3) is 0 Å². The van der Waals surface area contributed by atoms with Crippen LogP contribution < -0.4 is 0 Å². The fourth-order valence-corrected chi connectivity index (χ4v) is 1.45. The molecule has 0 spiro atoms. The van der Waals surface area contributed by atoms with Crippen molar-refractivity contribution in [3.63, 3.8) is 0 Å². The average molecular weight is 200 g/mol. The molecule has 0 aliphatic heterocycles. The Kier molecular flexibility index (Phi) is 8.70. The zero-order valence-corrected chi connectivity index (χ0v) is 9.84. The van der Waals surface area contributed by atoms with Crippen molar-refractivity contribution in [2.75, 3.05) is 6.61 Å². The molecular formula is C12H24O2. The van der Waals surface area contributed by atoms with Crippen molar-refractivity contribution in [2.45, 2.75) is 59.3 Å². The van der Waals surface area contributed by atoms with Crippen molar-refractivity contribution in [1.29, 1.82) is 0 Å². The van der Waals surface area contributed by atoms with E-state index in [1.54, 1.807) is 0 Å². The van der Waals surface area contributed by atoms with Gasteiger partial charge in [0.05, 0.1) is 12.5 Å². The van der Waals surface area contributed by atoms with Crippen LogP contribution in [0.3, 0.4) is 0 Å². The minimum absolute atomic E-state index is 0.00505. The van der Waals surface area contributed by atoms with Crippen molar-refractivity contribution < 1.29 is 9.53 Å². The highest BCUT2D eigenvalue weighted by Crippen LogP contribution is 2.15. The van der Waals surface area contributed by atoms with Crippen LogP contribution in [0, 0.1) is 5.92 Å². The van der Waals surface area contributed by atoms with E-state index in [4.69, 9.17) is 4.74 Å². The Balaban J connectivity index is 3.69. The van der Waals surface area contributed by atoms with E-state index < -0.39 is 0 Å². The molecule has 2 nitrogen and oxygen atoms in total. The number of rotatable bonds is 8. The third-order valence-electron chi connectivity index (χ3n) is 2.43. The average Bonchev–Trinajstić information content (AvgIpc) is 2.21. The Labute approximate surface area is 88.0 Å². The normalized spacial score (nSPS) is 12.5. The fraction of sp³-hybridized carbons (Fsp3) is 0.917. The summed E-state index contributed by atoms with van der Waals surface area (Å²) in [7, 11) is 0. The molecule has 0 amide bonds. The van der Waals surface area contributed by atoms with Crippen molar-refractivity contribution in [1.82, 2.24) is 0 Å². The number of esters is 1. The first-order valence-corrected chi connectivity index (χ1v) is 5.92. The lowest BCUT2D eigenvalue weighted by Crippen LogP contribution is -2.17. The largest absolute Gasteiger partial charge is 0.465 e. The predicted molar refractivity (Wildman–Crippen MR) is 59.2 cm³/mol. The zero-order valence-electron chi connectivity index (χ0n) is 9.84. The lowest BCUT2D eigenvalue weighted by molar-refractivity contribution is -0.149. The number of hydrogen-bond acceptors (Lipinski definition) is 2. The van der Waals surface area contributed by atoms with Gasteiger partial charge in [-0.3, -0.25) is 4.79 Å². The van der Waals surface area contributed by atoms with Gasteiger partial charge in [-0.2, -0.15) is 0 Å². The highest BCUT2D eigenvalue weighted by molar-refractivity contribution is 5.72. The highest BCUT2D eigenvalue weighted by atomic mass is 16.5. The van der Waals surface area contributed by atoms with Gasteiger partial charge in [-0.25, -0.2) is 0 Å². The standard InChI is InChI=1S/C12H24O2/c1-4-7-8-9-11(6-3)12(13)14-10-5-2/h11H,4-10H2,1-3H3. The maximum absolute atomic E-state index is 11.5. The molecule has 1 unspecified atom stereocenters. The smallest absolute Gasteiger partial charge is 0.308 e. The zero-order chi connectivity index (χ0) is 10.8. The maximum Gasteiger partial charge on any atom is 0.308 e. The predicted octanol–water partition coefficient (Wildman–Crippen LogP) is 3.55. The van der Waals surface area contributed by atoms with Crippen LogP contribution in [0.1, 0.15) is 59.3 Å². The monoisotopic (exact) mass is 200 g/mol. The molecule has 0 aromatic heterocycles. The van der Waals surface area contributed by atoms with E-state index in [1.807, 2.05) is 6.92 Å². The maximum atomic E-state index is 11.5. The Morgan fingerprint density at radius 3 is 2.36 bits per heavy atom. The van der Waals surface area contributed by atoms with Gasteiger partial charge in [0.1, 0.15) is 0 Å². The van der Waals surface area contributed by atoms with E-state index in [9.17, 15) is 4.79 Å². The molecule has 0 rings (SSSR count). The van der Waals surface area contributed by atoms with Crippen molar-refractivity contribution >= 4 is 5.97 Å². The minimum Gasteiger partial charge on any atom is -0.465 e. The first-order chi connectivity index (χ1) is 6.76. The van der Waals surface area contributed by atoms with Gasteiger partial charge in [0.15, 0.2) is 0 Å². The molecular weight excluding hydrogens is 176 g/mol. The number of carbonyl (C=O) groups excluding carboxylic acids is 1. The first kappa shape index (κ1) is 13.5. The van der Waals surface area contributed by atoms with Crippen LogP contribution in [0.15, 0.2) is 0 Å². The van der Waals surface area contributed by atoms with Crippen molar-refractivity contribution in [2.24, 2.45) is 5.92 Å². The highest BCUT2D eigenvalue weighted by Gasteiger charge is 2.16. The third-order valence-corrected chi connectivity index (χ3v) is 2.43. The van der Waals surface area contributed by atoms with Gasteiger partial charge in [-0.15, -0.1) is 0 Å². The molecule has 0 saturated carbocycles. The van der Waals surface area contributed by atoms with E-state index in [1.165, 1.54) is 12.8 Å². The summed E-state index contributed by atoms with van der Waals surface area (Å²) in [6.45, 7) is 6.83. The van der Waals surface area contributed by atoms with Gasteiger partial charge < -0.3 is 4.74 Å². The number of hydrogen-bond donors (Lipinski definition) is 0. The van der Waals surface area contributed by atoms with Crippen molar-refractivity contribution in [3.05, 3.63) is 0 Å². The van der Waals surface area contributed by atoms with Gasteiger partial charge in [-0.05, 0) is 19.3 Å². The van der Waals surface area contributed by atoms with E-state index in [0.717, 1.165) is 25.7 Å². The van der Waals surface area contributed by atoms with Crippen LogP contribution >= 0.6 is 0 Å². The lowest BCUT2D eigenvalue weighted by atomic mass is 9.99. The van der Waals surface area contributed by atoms with Crippen LogP contribution in [0.5, 0.6) is 0 Å². The summed E-state index contributed by atoms with van der Waals surface area (Å²) in [6, 6.07) is 0. The Bertz CT molecular complexity index is 143. The second-order valence-electron chi connectivity index (χ2n) is 3.77. The Morgan fingerprint density at radius 1 is 1.14 bits per heavy atom. The van der Waals surface area contributed by atoms with E-state index in [0.29, 0.717) is 6.61 Å². The minimum atomic E-state index is 0.00505. The second-order valence-corrected chi connectivity index (χ2v) is 3.77. The summed E-state index contributed by atoms with van der Waals surface area (Å²) in [5.41, 5.74) is 0. The quantitative estimate of drug-likeness (QED) is 0.442. The molecule has 84 valence electrons. The molecule has 0 heterocycles. The van der Waals surface area contributed by atoms with E-state index >= 15 is 0 Å². The number of carbonyl (C=O) groups is 1. The topological polar surface area (TPSA) is 26.3 Å². The fourth-order valence-electron chi connectivity index (χ4n) is 1.45. The molecule has 0 aliphatic rings. The molecule has 2 heteroatoms. The molecule has 0 fully saturated rings. The van der Waals surface area contributed by atoms with Crippen LogP contribution in [-0.4, -0.2) is 12.6 Å². The van der Waals surface area contributed by atoms with Crippen LogP contribution in [0.2, 0.25) is 0 Å². The molecule has 14 heavy (non-hydrogen) atoms. The van der Waals surface area contributed by atoms with Crippen molar-refractivity contribution in [3.8, 4) is 0 Å². The van der Waals surface area contributed by atoms with Crippen LogP contribution in [0.25, 0.3) is 0 Å². The second kappa shape index (κ2) is 9.04. The van der Waals surface area contributed by atoms with Crippen LogP contribution in [-0.2, 0) is 9.53 Å².